The van der Waals surface area contributed by atoms with Gasteiger partial charge < -0.3 is 10.1 Å². The van der Waals surface area contributed by atoms with Crippen molar-refractivity contribution in [1.29, 1.82) is 0 Å². The average molecular weight is 250 g/mol. The molecule has 0 aliphatic rings. The van der Waals surface area contributed by atoms with Crippen LogP contribution in [-0.4, -0.2) is 46.9 Å². The van der Waals surface area contributed by atoms with Crippen LogP contribution in [0.15, 0.2) is 12.2 Å². The van der Waals surface area contributed by atoms with Crippen molar-refractivity contribution < 1.29 is 17.9 Å². The second kappa shape index (κ2) is 7.37. The van der Waals surface area contributed by atoms with Gasteiger partial charge in [-0.1, -0.05) is 6.58 Å². The summed E-state index contributed by atoms with van der Waals surface area (Å²) in [6.07, 6.45) is 1.09. The van der Waals surface area contributed by atoms with Crippen LogP contribution in [0, 0.1) is 0 Å². The zero-order chi connectivity index (χ0) is 12.6. The van der Waals surface area contributed by atoms with Crippen LogP contribution in [0.3, 0.4) is 0 Å². The molecule has 0 rings (SSSR count). The third-order valence-electron chi connectivity index (χ3n) is 1.57. The monoisotopic (exact) mass is 250 g/mol. The Labute approximate surface area is 96.1 Å². The molecule has 2 N–H and O–H groups in total. The largest absolute Gasteiger partial charge is 0.463 e. The number of esters is 1. The molecule has 0 aliphatic carbocycles. The predicted octanol–water partition coefficient (Wildman–Crippen LogP) is -0.755. The fraction of sp³-hybridized carbons (Fsp3) is 0.667. The molecule has 0 amide bonds. The van der Waals surface area contributed by atoms with Crippen molar-refractivity contribution in [3.8, 4) is 0 Å². The first-order chi connectivity index (χ1) is 7.37. The highest BCUT2D eigenvalue weighted by atomic mass is 32.2. The Morgan fingerprint density at radius 3 is 2.50 bits per heavy atom. The molecule has 0 saturated heterocycles. The Kier molecular flexibility index (Phi) is 6.95. The zero-order valence-corrected chi connectivity index (χ0v) is 10.4. The smallest absolute Gasteiger partial charge is 0.334 e. The molecule has 0 aromatic carbocycles. The lowest BCUT2D eigenvalue weighted by molar-refractivity contribution is -0.138. The van der Waals surface area contributed by atoms with E-state index in [9.17, 15) is 13.2 Å². The normalized spacial score (nSPS) is 11.1. The number of ether oxygens (including phenoxy) is 1. The van der Waals surface area contributed by atoms with Gasteiger partial charge in [0.15, 0.2) is 0 Å². The summed E-state index contributed by atoms with van der Waals surface area (Å²) in [5, 5.41) is 2.87. The first-order valence-electron chi connectivity index (χ1n) is 4.87. The third-order valence-corrected chi connectivity index (χ3v) is 2.30. The summed E-state index contributed by atoms with van der Waals surface area (Å²) in [7, 11) is -3.15. The van der Waals surface area contributed by atoms with Crippen LogP contribution in [-0.2, 0) is 19.6 Å². The van der Waals surface area contributed by atoms with E-state index in [1.54, 1.807) is 6.92 Å². The van der Waals surface area contributed by atoms with Crippen LogP contribution < -0.4 is 10.0 Å². The maximum atomic E-state index is 11.1. The number of carbonyl (C=O) groups excluding carboxylic acids is 1. The van der Waals surface area contributed by atoms with Crippen molar-refractivity contribution in [3.05, 3.63) is 12.2 Å². The summed E-state index contributed by atoms with van der Waals surface area (Å²) in [4.78, 5) is 11.1. The summed E-state index contributed by atoms with van der Waals surface area (Å²) >= 11 is 0. The number of hydrogen-bond acceptors (Lipinski definition) is 5. The zero-order valence-electron chi connectivity index (χ0n) is 9.58. The van der Waals surface area contributed by atoms with Gasteiger partial charge in [-0.25, -0.2) is 17.9 Å². The van der Waals surface area contributed by atoms with Gasteiger partial charge in [0.25, 0.3) is 0 Å². The molecule has 0 aliphatic heterocycles. The predicted molar refractivity (Wildman–Crippen MR) is 61.5 cm³/mol. The van der Waals surface area contributed by atoms with E-state index >= 15 is 0 Å². The van der Waals surface area contributed by atoms with Crippen LogP contribution in [0.25, 0.3) is 0 Å². The van der Waals surface area contributed by atoms with Gasteiger partial charge in [0.05, 0.1) is 12.9 Å². The van der Waals surface area contributed by atoms with Gasteiger partial charge in [0.1, 0.15) is 0 Å². The number of carbonyl (C=O) groups is 1. The number of hydrogen-bond donors (Lipinski definition) is 2. The van der Waals surface area contributed by atoms with E-state index < -0.39 is 16.0 Å². The van der Waals surface area contributed by atoms with E-state index in [1.807, 2.05) is 0 Å². The second-order valence-electron chi connectivity index (χ2n) is 3.17. The standard InChI is InChI=1S/C9H18N2O4S/c1-4-15-9(12)8(2)7-10-5-6-11-16(3,13)14/h10-11H,2,4-7H2,1,3H3. The van der Waals surface area contributed by atoms with Crippen LogP contribution >= 0.6 is 0 Å². The quantitative estimate of drug-likeness (QED) is 0.336. The summed E-state index contributed by atoms with van der Waals surface area (Å²) in [6.45, 7) is 6.55. The molecule has 16 heavy (non-hydrogen) atoms. The van der Waals surface area contributed by atoms with Gasteiger partial charge in [0.2, 0.25) is 10.0 Å². The highest BCUT2D eigenvalue weighted by molar-refractivity contribution is 7.88. The van der Waals surface area contributed by atoms with E-state index in [0.717, 1.165) is 6.26 Å². The second-order valence-corrected chi connectivity index (χ2v) is 5.00. The lowest BCUT2D eigenvalue weighted by atomic mass is 10.3. The molecule has 6 nitrogen and oxygen atoms in total. The molecule has 0 unspecified atom stereocenters. The maximum absolute atomic E-state index is 11.1. The molecule has 7 heteroatoms. The van der Waals surface area contributed by atoms with Crippen LogP contribution in [0.5, 0.6) is 0 Å². The number of rotatable bonds is 8. The molecule has 0 radical (unpaired) electrons. The number of nitrogens with one attached hydrogen (secondary N) is 2. The van der Waals surface area contributed by atoms with Gasteiger partial charge in [-0.2, -0.15) is 0 Å². The van der Waals surface area contributed by atoms with Gasteiger partial charge in [-0.3, -0.25) is 0 Å². The minimum absolute atomic E-state index is 0.273. The number of sulfonamides is 1. The highest BCUT2D eigenvalue weighted by Gasteiger charge is 2.06. The summed E-state index contributed by atoms with van der Waals surface area (Å²) in [5.41, 5.74) is 0.321. The first kappa shape index (κ1) is 15.1. The molecule has 0 aromatic heterocycles. The van der Waals surface area contributed by atoms with E-state index in [4.69, 9.17) is 4.74 Å². The van der Waals surface area contributed by atoms with Crippen molar-refractivity contribution in [1.82, 2.24) is 10.0 Å². The SMILES string of the molecule is C=C(CNCCNS(C)(=O)=O)C(=O)OCC. The summed E-state index contributed by atoms with van der Waals surface area (Å²) < 4.78 is 28.4. The molecular weight excluding hydrogens is 232 g/mol. The molecule has 94 valence electrons. The Balaban J connectivity index is 3.60. The van der Waals surface area contributed by atoms with E-state index in [-0.39, 0.29) is 13.1 Å². The van der Waals surface area contributed by atoms with E-state index in [2.05, 4.69) is 16.6 Å². The van der Waals surface area contributed by atoms with Crippen molar-refractivity contribution in [2.24, 2.45) is 0 Å². The Bertz CT molecular complexity index is 337. The van der Waals surface area contributed by atoms with Gasteiger partial charge in [-0.05, 0) is 6.92 Å². The minimum Gasteiger partial charge on any atom is -0.463 e. The average Bonchev–Trinajstić information content (AvgIpc) is 2.15. The summed E-state index contributed by atoms with van der Waals surface area (Å²) in [5.74, 6) is -0.439. The molecule has 0 fully saturated rings. The Morgan fingerprint density at radius 2 is 2.00 bits per heavy atom. The van der Waals surface area contributed by atoms with Crippen LogP contribution in [0.1, 0.15) is 6.92 Å². The lowest BCUT2D eigenvalue weighted by Gasteiger charge is -2.07. The molecule has 0 saturated carbocycles. The molecule has 0 bridgehead atoms. The molecule has 0 aromatic rings. The molecular formula is C9H18N2O4S. The van der Waals surface area contributed by atoms with Crippen molar-refractivity contribution >= 4 is 16.0 Å². The summed E-state index contributed by atoms with van der Waals surface area (Å²) in [6, 6.07) is 0. The fourth-order valence-electron chi connectivity index (χ4n) is 0.869. The van der Waals surface area contributed by atoms with Crippen molar-refractivity contribution in [2.75, 3.05) is 32.5 Å². The van der Waals surface area contributed by atoms with Crippen molar-refractivity contribution in [3.63, 3.8) is 0 Å². The first-order valence-corrected chi connectivity index (χ1v) is 6.76. The lowest BCUT2D eigenvalue weighted by Crippen LogP contribution is -2.32. The fourth-order valence-corrected chi connectivity index (χ4v) is 1.34. The van der Waals surface area contributed by atoms with Gasteiger partial charge in [-0.15, -0.1) is 0 Å². The van der Waals surface area contributed by atoms with Gasteiger partial charge in [0, 0.05) is 25.2 Å². The Morgan fingerprint density at radius 1 is 1.38 bits per heavy atom. The maximum Gasteiger partial charge on any atom is 0.334 e. The molecule has 0 atom stereocenters. The van der Waals surface area contributed by atoms with E-state index in [1.165, 1.54) is 0 Å². The molecule has 0 spiro atoms. The highest BCUT2D eigenvalue weighted by Crippen LogP contribution is 1.91. The van der Waals surface area contributed by atoms with Crippen LogP contribution in [0.4, 0.5) is 0 Å². The topological polar surface area (TPSA) is 84.5 Å². The minimum atomic E-state index is -3.15. The van der Waals surface area contributed by atoms with Crippen LogP contribution in [0.2, 0.25) is 0 Å². The van der Waals surface area contributed by atoms with Gasteiger partial charge >= 0.3 is 5.97 Å². The third kappa shape index (κ3) is 8.39. The Hall–Kier alpha value is -0.920. The van der Waals surface area contributed by atoms with Crippen molar-refractivity contribution in [2.45, 2.75) is 6.92 Å². The molecule has 0 heterocycles. The van der Waals surface area contributed by atoms with E-state index in [0.29, 0.717) is 18.7 Å².